The number of para-hydroxylation sites is 1. The SMILES string of the molecule is COc1cc(NC(=O)c2coc([C@H](N)CCc3ccccc3)n2)nc2ccccc12. The number of nitrogens with one attached hydrogen (secondary N) is 1. The van der Waals surface area contributed by atoms with E-state index in [2.05, 4.69) is 15.3 Å². The molecule has 0 spiro atoms. The van der Waals surface area contributed by atoms with Crippen molar-refractivity contribution in [2.45, 2.75) is 18.9 Å². The van der Waals surface area contributed by atoms with Crippen LogP contribution in [0.3, 0.4) is 0 Å². The molecule has 7 heteroatoms. The van der Waals surface area contributed by atoms with Gasteiger partial charge in [-0.15, -0.1) is 0 Å². The zero-order valence-corrected chi connectivity index (χ0v) is 16.5. The minimum Gasteiger partial charge on any atom is -0.496 e. The third kappa shape index (κ3) is 4.31. The molecule has 1 amide bonds. The molecule has 4 aromatic rings. The fourth-order valence-corrected chi connectivity index (χ4v) is 3.21. The number of fused-ring (bicyclic) bond motifs is 1. The number of nitrogens with zero attached hydrogens (tertiary/aromatic N) is 2. The lowest BCUT2D eigenvalue weighted by molar-refractivity contribution is 0.102. The van der Waals surface area contributed by atoms with Crippen LogP contribution < -0.4 is 15.8 Å². The summed E-state index contributed by atoms with van der Waals surface area (Å²) >= 11 is 0. The number of rotatable bonds is 7. The van der Waals surface area contributed by atoms with Crippen molar-refractivity contribution >= 4 is 22.6 Å². The van der Waals surface area contributed by atoms with E-state index >= 15 is 0 Å². The standard InChI is InChI=1S/C23H22N4O3/c1-29-20-13-21(25-18-10-6-5-9-16(18)20)27-22(28)19-14-30-23(26-19)17(24)12-11-15-7-3-2-4-8-15/h2-10,13-14,17H,11-12,24H2,1H3,(H,25,27,28)/t17-/m1/s1. The van der Waals surface area contributed by atoms with Crippen LogP contribution in [0.2, 0.25) is 0 Å². The third-order valence-corrected chi connectivity index (χ3v) is 4.80. The Hall–Kier alpha value is -3.71. The number of aryl methyl sites for hydroxylation is 1. The molecule has 2 heterocycles. The van der Waals surface area contributed by atoms with Gasteiger partial charge >= 0.3 is 0 Å². The van der Waals surface area contributed by atoms with E-state index in [-0.39, 0.29) is 5.69 Å². The zero-order chi connectivity index (χ0) is 20.9. The highest BCUT2D eigenvalue weighted by Crippen LogP contribution is 2.27. The Labute approximate surface area is 173 Å². The first-order chi connectivity index (χ1) is 14.6. The Kier molecular flexibility index (Phi) is 5.72. The summed E-state index contributed by atoms with van der Waals surface area (Å²) in [6, 6.07) is 18.9. The summed E-state index contributed by atoms with van der Waals surface area (Å²) < 4.78 is 10.9. The minimum absolute atomic E-state index is 0.147. The van der Waals surface area contributed by atoms with E-state index in [4.69, 9.17) is 14.9 Å². The third-order valence-electron chi connectivity index (χ3n) is 4.80. The first-order valence-electron chi connectivity index (χ1n) is 9.64. The average Bonchev–Trinajstić information content (AvgIpc) is 3.28. The molecule has 0 aliphatic heterocycles. The number of carbonyl (C=O) groups is 1. The highest BCUT2D eigenvalue weighted by Gasteiger charge is 2.18. The van der Waals surface area contributed by atoms with Crippen LogP contribution in [0.15, 0.2) is 71.3 Å². The predicted octanol–water partition coefficient (Wildman–Crippen LogP) is 4.12. The number of carbonyl (C=O) groups excluding carboxylic acids is 1. The first kappa shape index (κ1) is 19.6. The van der Waals surface area contributed by atoms with Crippen LogP contribution in [0.25, 0.3) is 10.9 Å². The van der Waals surface area contributed by atoms with Gasteiger partial charge in [0.25, 0.3) is 5.91 Å². The smallest absolute Gasteiger partial charge is 0.278 e. The maximum absolute atomic E-state index is 12.6. The number of ether oxygens (including phenoxy) is 1. The molecule has 7 nitrogen and oxygen atoms in total. The molecule has 4 rings (SSSR count). The van der Waals surface area contributed by atoms with Crippen LogP contribution in [0.1, 0.15) is 34.4 Å². The Morgan fingerprint density at radius 2 is 1.90 bits per heavy atom. The number of benzene rings is 2. The van der Waals surface area contributed by atoms with Gasteiger partial charge in [-0.2, -0.15) is 0 Å². The Morgan fingerprint density at radius 1 is 1.13 bits per heavy atom. The molecule has 0 aliphatic rings. The van der Waals surface area contributed by atoms with Gasteiger partial charge in [-0.05, 0) is 30.5 Å². The van der Waals surface area contributed by atoms with Crippen molar-refractivity contribution in [2.24, 2.45) is 5.73 Å². The van der Waals surface area contributed by atoms with Gasteiger partial charge in [0.1, 0.15) is 17.8 Å². The molecular formula is C23H22N4O3. The highest BCUT2D eigenvalue weighted by atomic mass is 16.5. The molecule has 0 saturated carbocycles. The number of pyridine rings is 1. The van der Waals surface area contributed by atoms with Gasteiger partial charge in [0, 0.05) is 11.5 Å². The van der Waals surface area contributed by atoms with Crippen molar-refractivity contribution in [1.29, 1.82) is 0 Å². The van der Waals surface area contributed by atoms with Crippen LogP contribution in [-0.2, 0) is 6.42 Å². The number of hydrogen-bond acceptors (Lipinski definition) is 6. The van der Waals surface area contributed by atoms with E-state index in [1.165, 1.54) is 11.8 Å². The van der Waals surface area contributed by atoms with Crippen LogP contribution in [-0.4, -0.2) is 23.0 Å². The van der Waals surface area contributed by atoms with E-state index in [1.807, 2.05) is 54.6 Å². The number of hydrogen-bond donors (Lipinski definition) is 2. The van der Waals surface area contributed by atoms with E-state index in [1.54, 1.807) is 13.2 Å². The van der Waals surface area contributed by atoms with Gasteiger partial charge in [0.05, 0.1) is 18.7 Å². The Morgan fingerprint density at radius 3 is 2.70 bits per heavy atom. The first-order valence-corrected chi connectivity index (χ1v) is 9.64. The largest absolute Gasteiger partial charge is 0.496 e. The molecule has 0 bridgehead atoms. The molecule has 0 aliphatic carbocycles. The number of anilines is 1. The fourth-order valence-electron chi connectivity index (χ4n) is 3.21. The van der Waals surface area contributed by atoms with Gasteiger partial charge in [0.15, 0.2) is 5.69 Å². The Bertz CT molecular complexity index is 1160. The summed E-state index contributed by atoms with van der Waals surface area (Å²) in [7, 11) is 1.58. The molecular weight excluding hydrogens is 380 g/mol. The van der Waals surface area contributed by atoms with Crippen molar-refractivity contribution in [3.05, 3.63) is 84.1 Å². The normalized spacial score (nSPS) is 11.9. The van der Waals surface area contributed by atoms with E-state index < -0.39 is 11.9 Å². The van der Waals surface area contributed by atoms with Crippen LogP contribution in [0.4, 0.5) is 5.82 Å². The van der Waals surface area contributed by atoms with Crippen LogP contribution in [0.5, 0.6) is 5.75 Å². The second-order valence-electron chi connectivity index (χ2n) is 6.88. The zero-order valence-electron chi connectivity index (χ0n) is 16.5. The van der Waals surface area contributed by atoms with Gasteiger partial charge < -0.3 is 20.2 Å². The molecule has 0 unspecified atom stereocenters. The average molecular weight is 402 g/mol. The fraction of sp³-hybridized carbons (Fsp3) is 0.174. The summed E-state index contributed by atoms with van der Waals surface area (Å²) in [5.41, 5.74) is 8.25. The molecule has 30 heavy (non-hydrogen) atoms. The second-order valence-corrected chi connectivity index (χ2v) is 6.88. The maximum atomic E-state index is 12.6. The second kappa shape index (κ2) is 8.75. The van der Waals surface area contributed by atoms with Crippen molar-refractivity contribution in [3.63, 3.8) is 0 Å². The Balaban J connectivity index is 1.44. The predicted molar refractivity (Wildman–Crippen MR) is 114 cm³/mol. The summed E-state index contributed by atoms with van der Waals surface area (Å²) in [5, 5.41) is 3.61. The molecule has 2 aromatic heterocycles. The van der Waals surface area contributed by atoms with Gasteiger partial charge in [-0.25, -0.2) is 9.97 Å². The van der Waals surface area contributed by atoms with Crippen LogP contribution >= 0.6 is 0 Å². The van der Waals surface area contributed by atoms with E-state index in [0.717, 1.165) is 17.3 Å². The monoisotopic (exact) mass is 402 g/mol. The lowest BCUT2D eigenvalue weighted by atomic mass is 10.1. The molecule has 0 radical (unpaired) electrons. The van der Waals surface area contributed by atoms with Crippen molar-refractivity contribution < 1.29 is 13.9 Å². The van der Waals surface area contributed by atoms with E-state index in [0.29, 0.717) is 23.9 Å². The number of aromatic nitrogens is 2. The number of methoxy groups -OCH3 is 1. The summed E-state index contributed by atoms with van der Waals surface area (Å²) in [6.45, 7) is 0. The lowest BCUT2D eigenvalue weighted by Crippen LogP contribution is -2.15. The number of oxazole rings is 1. The molecule has 1 atom stereocenters. The summed E-state index contributed by atoms with van der Waals surface area (Å²) in [6.07, 6.45) is 2.77. The quantitative estimate of drug-likeness (QED) is 0.482. The van der Waals surface area contributed by atoms with Crippen molar-refractivity contribution in [1.82, 2.24) is 9.97 Å². The lowest BCUT2D eigenvalue weighted by Gasteiger charge is -2.09. The van der Waals surface area contributed by atoms with Gasteiger partial charge in [-0.3, -0.25) is 4.79 Å². The summed E-state index contributed by atoms with van der Waals surface area (Å²) in [5.74, 6) is 0.901. The topological polar surface area (TPSA) is 103 Å². The van der Waals surface area contributed by atoms with Gasteiger partial charge in [0.2, 0.25) is 5.89 Å². The van der Waals surface area contributed by atoms with Crippen molar-refractivity contribution in [2.75, 3.05) is 12.4 Å². The molecule has 3 N–H and O–H groups in total. The minimum atomic E-state index is -0.426. The molecule has 0 fully saturated rings. The van der Waals surface area contributed by atoms with Crippen LogP contribution in [0, 0.1) is 0 Å². The highest BCUT2D eigenvalue weighted by molar-refractivity contribution is 6.03. The number of nitrogens with two attached hydrogens (primary N) is 1. The molecule has 0 saturated heterocycles. The number of amides is 1. The van der Waals surface area contributed by atoms with Gasteiger partial charge in [-0.1, -0.05) is 42.5 Å². The van der Waals surface area contributed by atoms with E-state index in [9.17, 15) is 4.79 Å². The molecule has 152 valence electrons. The maximum Gasteiger partial charge on any atom is 0.278 e. The summed E-state index contributed by atoms with van der Waals surface area (Å²) in [4.78, 5) is 21.3. The van der Waals surface area contributed by atoms with Crippen molar-refractivity contribution in [3.8, 4) is 5.75 Å². The molecule has 2 aromatic carbocycles.